The van der Waals surface area contributed by atoms with Crippen molar-refractivity contribution in [3.63, 3.8) is 0 Å². The highest BCUT2D eigenvalue weighted by molar-refractivity contribution is 5.82. The van der Waals surface area contributed by atoms with Crippen LogP contribution in [0.2, 0.25) is 0 Å². The maximum atomic E-state index is 13.0. The van der Waals surface area contributed by atoms with Gasteiger partial charge in [-0.1, -0.05) is 12.1 Å². The Bertz CT molecular complexity index is 472. The first kappa shape index (κ1) is 13.8. The number of halogens is 4. The molecule has 0 aliphatic carbocycles. The molecule has 2 rings (SSSR count). The molecular formula is C13H13F4NO. The Morgan fingerprint density at radius 3 is 2.74 bits per heavy atom. The van der Waals surface area contributed by atoms with E-state index in [9.17, 15) is 22.4 Å². The minimum Gasteiger partial charge on any atom is -0.335 e. The Morgan fingerprint density at radius 2 is 2.11 bits per heavy atom. The van der Waals surface area contributed by atoms with Crippen LogP contribution in [-0.2, 0) is 11.2 Å². The van der Waals surface area contributed by atoms with Gasteiger partial charge in [-0.3, -0.25) is 4.79 Å². The van der Waals surface area contributed by atoms with E-state index in [-0.39, 0.29) is 24.8 Å². The van der Waals surface area contributed by atoms with Crippen LogP contribution in [0.15, 0.2) is 24.3 Å². The number of alkyl halides is 3. The number of nitrogens with zero attached hydrogens (tertiary/aromatic N) is 1. The molecule has 1 unspecified atom stereocenters. The first-order valence-corrected chi connectivity index (χ1v) is 5.97. The second kappa shape index (κ2) is 5.19. The van der Waals surface area contributed by atoms with Gasteiger partial charge in [-0.2, -0.15) is 13.2 Å². The van der Waals surface area contributed by atoms with Gasteiger partial charge in [-0.25, -0.2) is 4.39 Å². The third kappa shape index (κ3) is 3.45. The minimum absolute atomic E-state index is 0.0481. The highest BCUT2D eigenvalue weighted by Gasteiger charge is 2.44. The van der Waals surface area contributed by atoms with E-state index in [1.165, 1.54) is 12.1 Å². The lowest BCUT2D eigenvalue weighted by atomic mass is 9.99. The van der Waals surface area contributed by atoms with Crippen LogP contribution in [0.3, 0.4) is 0 Å². The summed E-state index contributed by atoms with van der Waals surface area (Å²) in [6.45, 7) is 0.188. The molecule has 1 aliphatic heterocycles. The predicted octanol–water partition coefficient (Wildman–Crippen LogP) is 2.78. The first-order chi connectivity index (χ1) is 8.86. The maximum absolute atomic E-state index is 13.0. The molecule has 19 heavy (non-hydrogen) atoms. The summed E-state index contributed by atoms with van der Waals surface area (Å²) in [4.78, 5) is 11.9. The molecule has 1 aromatic carbocycles. The van der Waals surface area contributed by atoms with Crippen LogP contribution < -0.4 is 0 Å². The van der Waals surface area contributed by atoms with E-state index in [0.29, 0.717) is 12.8 Å². The van der Waals surface area contributed by atoms with Gasteiger partial charge >= 0.3 is 12.1 Å². The second-order valence-electron chi connectivity index (χ2n) is 4.74. The van der Waals surface area contributed by atoms with Crippen LogP contribution in [0.25, 0.3) is 0 Å². The third-order valence-electron chi connectivity index (χ3n) is 3.23. The van der Waals surface area contributed by atoms with Gasteiger partial charge in [-0.05, 0) is 36.5 Å². The molecule has 1 amide bonds. The summed E-state index contributed by atoms with van der Waals surface area (Å²) < 4.78 is 49.8. The van der Waals surface area contributed by atoms with Crippen LogP contribution in [0.5, 0.6) is 0 Å². The van der Waals surface area contributed by atoms with Gasteiger partial charge in [0.1, 0.15) is 5.82 Å². The van der Waals surface area contributed by atoms with Crippen molar-refractivity contribution < 1.29 is 22.4 Å². The summed E-state index contributed by atoms with van der Waals surface area (Å²) in [6.07, 6.45) is -3.81. The van der Waals surface area contributed by atoms with Crippen LogP contribution in [0.1, 0.15) is 12.0 Å². The Kier molecular flexibility index (Phi) is 3.78. The van der Waals surface area contributed by atoms with Gasteiger partial charge in [0, 0.05) is 13.1 Å². The quantitative estimate of drug-likeness (QED) is 0.760. The largest absolute Gasteiger partial charge is 0.471 e. The number of carbonyl (C=O) groups is 1. The van der Waals surface area contributed by atoms with Crippen molar-refractivity contribution >= 4 is 5.91 Å². The zero-order valence-electron chi connectivity index (χ0n) is 10.1. The van der Waals surface area contributed by atoms with Crippen LogP contribution in [0.4, 0.5) is 17.6 Å². The number of benzene rings is 1. The van der Waals surface area contributed by atoms with E-state index in [0.717, 1.165) is 10.5 Å². The van der Waals surface area contributed by atoms with Crippen molar-refractivity contribution in [3.8, 4) is 0 Å². The molecule has 1 aliphatic rings. The lowest BCUT2D eigenvalue weighted by Gasteiger charge is -2.18. The van der Waals surface area contributed by atoms with Crippen molar-refractivity contribution in [3.05, 3.63) is 35.6 Å². The third-order valence-corrected chi connectivity index (χ3v) is 3.23. The van der Waals surface area contributed by atoms with E-state index in [2.05, 4.69) is 0 Å². The summed E-state index contributed by atoms with van der Waals surface area (Å²) in [5.74, 6) is -2.19. The molecule has 104 valence electrons. The standard InChI is InChI=1S/C13H13F4NO/c14-11-3-1-2-9(7-11)6-10-4-5-18(8-10)12(19)13(15,16)17/h1-3,7,10H,4-6,8H2. The van der Waals surface area contributed by atoms with Gasteiger partial charge < -0.3 is 4.90 Å². The summed E-state index contributed by atoms with van der Waals surface area (Å²) in [6, 6.07) is 5.99. The number of hydrogen-bond acceptors (Lipinski definition) is 1. The average Bonchev–Trinajstić information content (AvgIpc) is 2.75. The number of amides is 1. The Hall–Kier alpha value is -1.59. The number of likely N-dealkylation sites (tertiary alicyclic amines) is 1. The Balaban J connectivity index is 1.94. The van der Waals surface area contributed by atoms with Crippen molar-refractivity contribution in [1.82, 2.24) is 4.90 Å². The minimum atomic E-state index is -4.81. The molecule has 0 aromatic heterocycles. The predicted molar refractivity (Wildman–Crippen MR) is 60.8 cm³/mol. The van der Waals surface area contributed by atoms with Crippen LogP contribution in [0, 0.1) is 11.7 Å². The van der Waals surface area contributed by atoms with Crippen LogP contribution in [-0.4, -0.2) is 30.1 Å². The number of rotatable bonds is 2. The molecule has 6 heteroatoms. The average molecular weight is 275 g/mol. The monoisotopic (exact) mass is 275 g/mol. The first-order valence-electron chi connectivity index (χ1n) is 5.97. The summed E-state index contributed by atoms with van der Waals surface area (Å²) >= 11 is 0. The van der Waals surface area contributed by atoms with E-state index >= 15 is 0 Å². The summed E-state index contributed by atoms with van der Waals surface area (Å²) in [5, 5.41) is 0. The van der Waals surface area contributed by atoms with Gasteiger partial charge in [0.05, 0.1) is 0 Å². The molecule has 1 fully saturated rings. The molecule has 0 bridgehead atoms. The zero-order chi connectivity index (χ0) is 14.0. The van der Waals surface area contributed by atoms with E-state index in [1.54, 1.807) is 12.1 Å². The highest BCUT2D eigenvalue weighted by atomic mass is 19.4. The molecule has 1 saturated heterocycles. The molecule has 1 atom stereocenters. The fourth-order valence-electron chi connectivity index (χ4n) is 2.36. The number of carbonyl (C=O) groups excluding carboxylic acids is 1. The highest BCUT2D eigenvalue weighted by Crippen LogP contribution is 2.26. The lowest BCUT2D eigenvalue weighted by Crippen LogP contribution is -2.39. The molecule has 1 heterocycles. The lowest BCUT2D eigenvalue weighted by molar-refractivity contribution is -0.184. The van der Waals surface area contributed by atoms with E-state index in [4.69, 9.17) is 0 Å². The van der Waals surface area contributed by atoms with Crippen LogP contribution >= 0.6 is 0 Å². The normalized spacial score (nSPS) is 19.8. The SMILES string of the molecule is O=C(N1CCC(Cc2cccc(F)c2)C1)C(F)(F)F. The van der Waals surface area contributed by atoms with Gasteiger partial charge in [0.25, 0.3) is 0 Å². The van der Waals surface area contributed by atoms with Gasteiger partial charge in [0.15, 0.2) is 0 Å². The smallest absolute Gasteiger partial charge is 0.335 e. The fourth-order valence-corrected chi connectivity index (χ4v) is 2.36. The molecule has 1 aromatic rings. The topological polar surface area (TPSA) is 20.3 Å². The Morgan fingerprint density at radius 1 is 1.37 bits per heavy atom. The van der Waals surface area contributed by atoms with E-state index < -0.39 is 12.1 Å². The molecule has 0 radical (unpaired) electrons. The van der Waals surface area contributed by atoms with E-state index in [1.807, 2.05) is 0 Å². The maximum Gasteiger partial charge on any atom is 0.471 e. The molecule has 0 N–H and O–H groups in total. The molecule has 0 saturated carbocycles. The Labute approximate surface area is 108 Å². The number of hydrogen-bond donors (Lipinski definition) is 0. The van der Waals surface area contributed by atoms with Gasteiger partial charge in [-0.15, -0.1) is 0 Å². The summed E-state index contributed by atoms with van der Waals surface area (Å²) in [7, 11) is 0. The van der Waals surface area contributed by atoms with Crippen molar-refractivity contribution in [2.24, 2.45) is 5.92 Å². The van der Waals surface area contributed by atoms with Gasteiger partial charge in [0.2, 0.25) is 0 Å². The van der Waals surface area contributed by atoms with Crippen molar-refractivity contribution in [2.75, 3.05) is 13.1 Å². The zero-order valence-corrected chi connectivity index (χ0v) is 10.1. The second-order valence-corrected chi connectivity index (χ2v) is 4.74. The molecule has 0 spiro atoms. The molecule has 2 nitrogen and oxygen atoms in total. The van der Waals surface area contributed by atoms with Crippen molar-refractivity contribution in [1.29, 1.82) is 0 Å². The molecular weight excluding hydrogens is 262 g/mol. The summed E-state index contributed by atoms with van der Waals surface area (Å²) in [5.41, 5.74) is 0.742. The van der Waals surface area contributed by atoms with Crippen molar-refractivity contribution in [2.45, 2.75) is 19.0 Å². The fraction of sp³-hybridized carbons (Fsp3) is 0.462.